The maximum atomic E-state index is 11.9. The molecule has 0 aliphatic carbocycles. The molecule has 1 heterocycles. The number of nitrogens with two attached hydrogens (primary N) is 1. The molecule has 0 unspecified atom stereocenters. The smallest absolute Gasteiger partial charge is 0.234 e. The molecule has 2 aromatic rings. The van der Waals surface area contributed by atoms with Crippen LogP contribution in [0.1, 0.15) is 23.1 Å². The van der Waals surface area contributed by atoms with Crippen molar-refractivity contribution in [1.82, 2.24) is 14.9 Å². The van der Waals surface area contributed by atoms with Gasteiger partial charge in [0.25, 0.3) is 0 Å². The fourth-order valence-electron chi connectivity index (χ4n) is 1.59. The van der Waals surface area contributed by atoms with Crippen molar-refractivity contribution in [2.75, 3.05) is 16.9 Å². The SMILES string of the molecule is CC(=O)c1cccc(NC(=O)CSc2nnc(C)n2N)c1. The number of carbonyl (C=O) groups is 2. The predicted octanol–water partition coefficient (Wildman–Crippen LogP) is 1.23. The minimum absolute atomic E-state index is 0.0489. The molecule has 1 aromatic heterocycles. The van der Waals surface area contributed by atoms with E-state index < -0.39 is 0 Å². The van der Waals surface area contributed by atoms with Crippen molar-refractivity contribution >= 4 is 29.1 Å². The third-order valence-corrected chi connectivity index (χ3v) is 3.66. The molecular formula is C13H15N5O2S. The van der Waals surface area contributed by atoms with Crippen LogP contribution in [-0.4, -0.2) is 32.3 Å². The van der Waals surface area contributed by atoms with Gasteiger partial charge in [-0.3, -0.25) is 9.59 Å². The summed E-state index contributed by atoms with van der Waals surface area (Å²) in [5.74, 6) is 6.17. The van der Waals surface area contributed by atoms with Crippen LogP contribution in [0.3, 0.4) is 0 Å². The van der Waals surface area contributed by atoms with Crippen molar-refractivity contribution in [3.63, 3.8) is 0 Å². The van der Waals surface area contributed by atoms with Crippen LogP contribution in [0.2, 0.25) is 0 Å². The maximum Gasteiger partial charge on any atom is 0.234 e. The van der Waals surface area contributed by atoms with Crippen molar-refractivity contribution in [2.24, 2.45) is 0 Å². The van der Waals surface area contributed by atoms with Gasteiger partial charge in [0.1, 0.15) is 5.82 Å². The van der Waals surface area contributed by atoms with Crippen LogP contribution in [-0.2, 0) is 4.79 Å². The Bertz CT molecular complexity index is 683. The van der Waals surface area contributed by atoms with Crippen molar-refractivity contribution in [1.29, 1.82) is 0 Å². The second-order valence-corrected chi connectivity index (χ2v) is 5.32. The van der Waals surface area contributed by atoms with Crippen molar-refractivity contribution in [3.8, 4) is 0 Å². The number of aryl methyl sites for hydroxylation is 1. The van der Waals surface area contributed by atoms with Crippen LogP contribution >= 0.6 is 11.8 Å². The van der Waals surface area contributed by atoms with Gasteiger partial charge < -0.3 is 11.2 Å². The summed E-state index contributed by atoms with van der Waals surface area (Å²) in [6.07, 6.45) is 0. The van der Waals surface area contributed by atoms with E-state index in [1.807, 2.05) is 0 Å². The molecule has 0 aliphatic heterocycles. The van der Waals surface area contributed by atoms with E-state index in [1.54, 1.807) is 31.2 Å². The number of ketones is 1. The predicted molar refractivity (Wildman–Crippen MR) is 80.7 cm³/mol. The first-order valence-corrected chi connectivity index (χ1v) is 7.16. The molecule has 0 saturated heterocycles. The fraction of sp³-hybridized carbons (Fsp3) is 0.231. The Hall–Kier alpha value is -2.35. The number of nitrogens with zero attached hydrogens (tertiary/aromatic N) is 3. The van der Waals surface area contributed by atoms with Crippen molar-refractivity contribution in [3.05, 3.63) is 35.7 Å². The summed E-state index contributed by atoms with van der Waals surface area (Å²) in [5.41, 5.74) is 1.14. The van der Waals surface area contributed by atoms with Gasteiger partial charge in [-0.15, -0.1) is 10.2 Å². The second-order valence-electron chi connectivity index (χ2n) is 4.37. The number of nitrogen functional groups attached to an aromatic ring is 1. The second kappa shape index (κ2) is 6.40. The van der Waals surface area contributed by atoms with E-state index >= 15 is 0 Å². The number of hydrogen-bond donors (Lipinski definition) is 2. The summed E-state index contributed by atoms with van der Waals surface area (Å²) in [6.45, 7) is 3.21. The van der Waals surface area contributed by atoms with Crippen molar-refractivity contribution < 1.29 is 9.59 Å². The molecule has 2 rings (SSSR count). The zero-order chi connectivity index (χ0) is 15.4. The van der Waals surface area contributed by atoms with Crippen LogP contribution < -0.4 is 11.2 Å². The highest BCUT2D eigenvalue weighted by atomic mass is 32.2. The van der Waals surface area contributed by atoms with Crippen LogP contribution in [0.4, 0.5) is 5.69 Å². The van der Waals surface area contributed by atoms with Crippen LogP contribution in [0.25, 0.3) is 0 Å². The van der Waals surface area contributed by atoms with E-state index in [9.17, 15) is 9.59 Å². The zero-order valence-electron chi connectivity index (χ0n) is 11.7. The molecule has 1 aromatic carbocycles. The maximum absolute atomic E-state index is 11.9. The zero-order valence-corrected chi connectivity index (χ0v) is 12.5. The number of nitrogens with one attached hydrogen (secondary N) is 1. The number of rotatable bonds is 5. The van der Waals surface area contributed by atoms with Crippen LogP contribution in [0.15, 0.2) is 29.4 Å². The van der Waals surface area contributed by atoms with Crippen LogP contribution in [0.5, 0.6) is 0 Å². The van der Waals surface area contributed by atoms with Gasteiger partial charge in [-0.1, -0.05) is 23.9 Å². The lowest BCUT2D eigenvalue weighted by Crippen LogP contribution is -2.16. The molecule has 0 saturated carbocycles. The van der Waals surface area contributed by atoms with E-state index in [0.29, 0.717) is 22.2 Å². The lowest BCUT2D eigenvalue weighted by Gasteiger charge is -2.06. The molecule has 3 N–H and O–H groups in total. The standard InChI is InChI=1S/C13H15N5O2S/c1-8(19)10-4-3-5-11(6-10)15-12(20)7-21-13-17-16-9(2)18(13)14/h3-6H,7,14H2,1-2H3,(H,15,20). The van der Waals surface area contributed by atoms with Gasteiger partial charge in [-0.25, -0.2) is 4.68 Å². The average molecular weight is 305 g/mol. The Morgan fingerprint density at radius 1 is 1.38 bits per heavy atom. The molecule has 0 radical (unpaired) electrons. The molecule has 0 bridgehead atoms. The highest BCUT2D eigenvalue weighted by molar-refractivity contribution is 7.99. The van der Waals surface area contributed by atoms with E-state index in [4.69, 9.17) is 5.84 Å². The van der Waals surface area contributed by atoms with Crippen LogP contribution in [0, 0.1) is 6.92 Å². The van der Waals surface area contributed by atoms with Gasteiger partial charge in [-0.05, 0) is 26.0 Å². The van der Waals surface area contributed by atoms with Gasteiger partial charge in [-0.2, -0.15) is 0 Å². The summed E-state index contributed by atoms with van der Waals surface area (Å²) in [5, 5.41) is 10.9. The molecule has 110 valence electrons. The van der Waals surface area contributed by atoms with Gasteiger partial charge >= 0.3 is 0 Å². The van der Waals surface area contributed by atoms with E-state index in [0.717, 1.165) is 0 Å². The van der Waals surface area contributed by atoms with E-state index in [2.05, 4.69) is 15.5 Å². The molecule has 21 heavy (non-hydrogen) atoms. The Balaban J connectivity index is 1.94. The molecule has 0 atom stereocenters. The molecule has 0 spiro atoms. The third kappa shape index (κ3) is 3.82. The Kier molecular flexibility index (Phi) is 4.59. The van der Waals surface area contributed by atoms with Crippen molar-refractivity contribution in [2.45, 2.75) is 19.0 Å². The van der Waals surface area contributed by atoms with Gasteiger partial charge in [0.15, 0.2) is 5.78 Å². The number of hydrogen-bond acceptors (Lipinski definition) is 6. The molecule has 1 amide bonds. The fourth-order valence-corrected chi connectivity index (χ4v) is 2.29. The Labute approximate surface area is 125 Å². The number of Topliss-reactive ketones (excluding diaryl/α,β-unsaturated/α-hetero) is 1. The summed E-state index contributed by atoms with van der Waals surface area (Å²) < 4.78 is 1.33. The first kappa shape index (κ1) is 15.0. The summed E-state index contributed by atoms with van der Waals surface area (Å²) in [4.78, 5) is 23.2. The molecule has 0 fully saturated rings. The molecule has 8 heteroatoms. The lowest BCUT2D eigenvalue weighted by molar-refractivity contribution is -0.113. The minimum atomic E-state index is -0.207. The summed E-state index contributed by atoms with van der Waals surface area (Å²) >= 11 is 1.19. The largest absolute Gasteiger partial charge is 0.336 e. The highest BCUT2D eigenvalue weighted by Gasteiger charge is 2.10. The monoisotopic (exact) mass is 305 g/mol. The average Bonchev–Trinajstić information content (AvgIpc) is 2.77. The van der Waals surface area contributed by atoms with E-state index in [1.165, 1.54) is 23.4 Å². The normalized spacial score (nSPS) is 10.4. The van der Waals surface area contributed by atoms with Gasteiger partial charge in [0.2, 0.25) is 11.1 Å². The first-order valence-electron chi connectivity index (χ1n) is 6.18. The number of anilines is 1. The highest BCUT2D eigenvalue weighted by Crippen LogP contribution is 2.16. The molecule has 0 aliphatic rings. The topological polar surface area (TPSA) is 103 Å². The number of benzene rings is 1. The minimum Gasteiger partial charge on any atom is -0.336 e. The Morgan fingerprint density at radius 3 is 2.76 bits per heavy atom. The first-order chi connectivity index (χ1) is 9.97. The number of amides is 1. The van der Waals surface area contributed by atoms with Gasteiger partial charge in [0, 0.05) is 11.3 Å². The summed E-state index contributed by atoms with van der Waals surface area (Å²) in [6, 6.07) is 6.79. The summed E-state index contributed by atoms with van der Waals surface area (Å²) in [7, 11) is 0. The Morgan fingerprint density at radius 2 is 2.14 bits per heavy atom. The number of carbonyl (C=O) groups excluding carboxylic acids is 2. The molecular weight excluding hydrogens is 290 g/mol. The molecule has 7 nitrogen and oxygen atoms in total. The number of aromatic nitrogens is 3. The quantitative estimate of drug-likeness (QED) is 0.489. The van der Waals surface area contributed by atoms with E-state index in [-0.39, 0.29) is 17.4 Å². The number of thioether (sulfide) groups is 1. The third-order valence-electron chi connectivity index (χ3n) is 2.72. The lowest BCUT2D eigenvalue weighted by atomic mass is 10.1. The van der Waals surface area contributed by atoms with Gasteiger partial charge in [0.05, 0.1) is 5.75 Å².